The molecular formula is C14H23N3O. The van der Waals surface area contributed by atoms with Crippen molar-refractivity contribution >= 4 is 0 Å². The fraction of sp³-hybridized carbons (Fsp3) is 0.571. The molecule has 0 radical (unpaired) electrons. The van der Waals surface area contributed by atoms with Crippen LogP contribution in [-0.2, 0) is 6.54 Å². The van der Waals surface area contributed by atoms with Crippen LogP contribution in [0.2, 0.25) is 0 Å². The molecule has 0 aliphatic heterocycles. The van der Waals surface area contributed by atoms with E-state index in [1.807, 2.05) is 6.92 Å². The number of nitrogens with one attached hydrogen (secondary N) is 1. The Morgan fingerprint density at radius 1 is 1.44 bits per heavy atom. The van der Waals surface area contributed by atoms with E-state index in [4.69, 9.17) is 4.74 Å². The molecule has 4 nitrogen and oxygen atoms in total. The Balaban J connectivity index is 2.39. The summed E-state index contributed by atoms with van der Waals surface area (Å²) in [6.07, 6.45) is 4.25. The highest BCUT2D eigenvalue weighted by Crippen LogP contribution is 2.06. The molecular weight excluding hydrogens is 226 g/mol. The van der Waals surface area contributed by atoms with Gasteiger partial charge in [-0.1, -0.05) is 19.4 Å². The maximum atomic E-state index is 5.52. The van der Waals surface area contributed by atoms with E-state index in [0.29, 0.717) is 18.4 Å². The van der Waals surface area contributed by atoms with E-state index in [2.05, 4.69) is 35.7 Å². The van der Waals surface area contributed by atoms with E-state index in [0.717, 1.165) is 30.8 Å². The van der Waals surface area contributed by atoms with Crippen LogP contribution in [0.4, 0.5) is 0 Å². The number of aromatic nitrogens is 2. The molecule has 0 aromatic carbocycles. The van der Waals surface area contributed by atoms with Gasteiger partial charge >= 0.3 is 0 Å². The van der Waals surface area contributed by atoms with E-state index in [9.17, 15) is 0 Å². The lowest BCUT2D eigenvalue weighted by molar-refractivity contribution is 0.306. The van der Waals surface area contributed by atoms with Crippen LogP contribution >= 0.6 is 0 Å². The topological polar surface area (TPSA) is 47.0 Å². The van der Waals surface area contributed by atoms with E-state index < -0.39 is 0 Å². The Kier molecular flexibility index (Phi) is 6.36. The van der Waals surface area contributed by atoms with E-state index in [1.165, 1.54) is 0 Å². The summed E-state index contributed by atoms with van der Waals surface area (Å²) < 4.78 is 5.52. The van der Waals surface area contributed by atoms with Crippen LogP contribution in [0, 0.1) is 5.92 Å². The Morgan fingerprint density at radius 3 is 2.89 bits per heavy atom. The highest BCUT2D eigenvalue weighted by molar-refractivity contribution is 5.08. The van der Waals surface area contributed by atoms with Crippen molar-refractivity contribution in [2.24, 2.45) is 5.92 Å². The molecule has 0 bridgehead atoms. The third-order valence-corrected chi connectivity index (χ3v) is 2.30. The molecule has 0 unspecified atom stereocenters. The molecule has 1 heterocycles. The van der Waals surface area contributed by atoms with Gasteiger partial charge in [-0.15, -0.1) is 6.58 Å². The Hall–Kier alpha value is -1.42. The van der Waals surface area contributed by atoms with Crippen LogP contribution in [0.15, 0.2) is 24.5 Å². The molecule has 1 N–H and O–H groups in total. The quantitative estimate of drug-likeness (QED) is 0.719. The van der Waals surface area contributed by atoms with Gasteiger partial charge in [0.15, 0.2) is 0 Å². The predicted molar refractivity (Wildman–Crippen MR) is 73.5 cm³/mol. The van der Waals surface area contributed by atoms with Crippen molar-refractivity contribution in [1.82, 2.24) is 15.3 Å². The first kappa shape index (κ1) is 14.6. The zero-order valence-corrected chi connectivity index (χ0v) is 11.6. The molecule has 0 atom stereocenters. The summed E-state index contributed by atoms with van der Waals surface area (Å²) >= 11 is 0. The van der Waals surface area contributed by atoms with Crippen molar-refractivity contribution in [1.29, 1.82) is 0 Å². The molecule has 1 aromatic rings. The molecule has 100 valence electrons. The number of hydrogen-bond donors (Lipinski definition) is 1. The lowest BCUT2D eigenvalue weighted by atomic mass is 10.2. The van der Waals surface area contributed by atoms with Crippen LogP contribution in [0.3, 0.4) is 0 Å². The number of ether oxygens (including phenoxy) is 1. The zero-order valence-electron chi connectivity index (χ0n) is 11.6. The van der Waals surface area contributed by atoms with Gasteiger partial charge in [0.2, 0.25) is 5.88 Å². The fourth-order valence-electron chi connectivity index (χ4n) is 1.36. The smallest absolute Gasteiger partial charge is 0.232 e. The molecule has 0 aliphatic rings. The normalized spacial score (nSPS) is 10.7. The summed E-state index contributed by atoms with van der Waals surface area (Å²) in [5.41, 5.74) is 2.01. The second kappa shape index (κ2) is 7.82. The van der Waals surface area contributed by atoms with Crippen molar-refractivity contribution in [2.75, 3.05) is 13.2 Å². The summed E-state index contributed by atoms with van der Waals surface area (Å²) in [5, 5.41) is 3.33. The van der Waals surface area contributed by atoms with Crippen LogP contribution < -0.4 is 10.1 Å². The van der Waals surface area contributed by atoms with Crippen LogP contribution in [0.25, 0.3) is 0 Å². The average molecular weight is 249 g/mol. The van der Waals surface area contributed by atoms with Gasteiger partial charge in [-0.2, -0.15) is 0 Å². The van der Waals surface area contributed by atoms with E-state index in [-0.39, 0.29) is 0 Å². The lowest BCUT2D eigenvalue weighted by Gasteiger charge is -2.08. The summed E-state index contributed by atoms with van der Waals surface area (Å²) in [6.45, 7) is 12.5. The minimum atomic E-state index is 0.583. The first-order valence-corrected chi connectivity index (χ1v) is 6.36. The van der Waals surface area contributed by atoms with Crippen LogP contribution in [-0.4, -0.2) is 23.1 Å². The van der Waals surface area contributed by atoms with Gasteiger partial charge in [-0.05, 0) is 19.4 Å². The second-order valence-corrected chi connectivity index (χ2v) is 4.93. The van der Waals surface area contributed by atoms with Crippen molar-refractivity contribution in [3.63, 3.8) is 0 Å². The molecule has 4 heteroatoms. The van der Waals surface area contributed by atoms with E-state index >= 15 is 0 Å². The first-order valence-electron chi connectivity index (χ1n) is 6.36. The maximum absolute atomic E-state index is 5.52. The number of nitrogens with zero attached hydrogens (tertiary/aromatic N) is 2. The highest BCUT2D eigenvalue weighted by atomic mass is 16.5. The summed E-state index contributed by atoms with van der Waals surface area (Å²) in [7, 11) is 0. The Morgan fingerprint density at radius 2 is 2.22 bits per heavy atom. The second-order valence-electron chi connectivity index (χ2n) is 4.93. The zero-order chi connectivity index (χ0) is 13.4. The number of hydrogen-bond acceptors (Lipinski definition) is 4. The fourth-order valence-corrected chi connectivity index (χ4v) is 1.36. The van der Waals surface area contributed by atoms with Crippen LogP contribution in [0.5, 0.6) is 5.88 Å². The molecule has 0 fully saturated rings. The third kappa shape index (κ3) is 6.35. The van der Waals surface area contributed by atoms with Gasteiger partial charge < -0.3 is 10.1 Å². The summed E-state index contributed by atoms with van der Waals surface area (Å²) in [4.78, 5) is 8.52. The third-order valence-electron chi connectivity index (χ3n) is 2.30. The predicted octanol–water partition coefficient (Wildman–Crippen LogP) is 2.57. The van der Waals surface area contributed by atoms with Gasteiger partial charge in [-0.25, -0.2) is 4.98 Å². The first-order chi connectivity index (χ1) is 8.58. The molecule has 0 saturated heterocycles. The molecule has 0 saturated carbocycles. The minimum absolute atomic E-state index is 0.583. The lowest BCUT2D eigenvalue weighted by Crippen LogP contribution is -2.19. The molecule has 1 rings (SSSR count). The van der Waals surface area contributed by atoms with Gasteiger partial charge in [0.25, 0.3) is 0 Å². The Labute approximate surface area is 109 Å². The summed E-state index contributed by atoms with van der Waals surface area (Å²) in [6, 6.07) is 0. The SMILES string of the molecule is C=C(C)CCOc1cncc(CNCC(C)C)n1. The molecule has 1 aromatic heterocycles. The van der Waals surface area contributed by atoms with Gasteiger partial charge in [-0.3, -0.25) is 4.98 Å². The largest absolute Gasteiger partial charge is 0.476 e. The molecule has 0 spiro atoms. The van der Waals surface area contributed by atoms with Gasteiger partial charge in [0, 0.05) is 19.2 Å². The van der Waals surface area contributed by atoms with Gasteiger partial charge in [0.05, 0.1) is 18.5 Å². The average Bonchev–Trinajstić information content (AvgIpc) is 2.28. The van der Waals surface area contributed by atoms with E-state index in [1.54, 1.807) is 12.4 Å². The monoisotopic (exact) mass is 249 g/mol. The van der Waals surface area contributed by atoms with Crippen molar-refractivity contribution in [3.8, 4) is 5.88 Å². The molecule has 18 heavy (non-hydrogen) atoms. The van der Waals surface area contributed by atoms with Gasteiger partial charge in [0.1, 0.15) is 0 Å². The summed E-state index contributed by atoms with van der Waals surface area (Å²) in [5.74, 6) is 1.22. The molecule has 0 amide bonds. The standard InChI is InChI=1S/C14H23N3O/c1-11(2)5-6-18-14-10-16-9-13(17-14)8-15-7-12(3)4/h9-10,12,15H,1,5-8H2,2-4H3. The van der Waals surface area contributed by atoms with Crippen molar-refractivity contribution < 1.29 is 4.74 Å². The minimum Gasteiger partial charge on any atom is -0.476 e. The Bertz CT molecular complexity index is 377. The number of rotatable bonds is 8. The molecule has 0 aliphatic carbocycles. The van der Waals surface area contributed by atoms with Crippen molar-refractivity contribution in [3.05, 3.63) is 30.2 Å². The van der Waals surface area contributed by atoms with Crippen molar-refractivity contribution in [2.45, 2.75) is 33.7 Å². The highest BCUT2D eigenvalue weighted by Gasteiger charge is 2.00. The maximum Gasteiger partial charge on any atom is 0.232 e. The van der Waals surface area contributed by atoms with Crippen LogP contribution in [0.1, 0.15) is 32.9 Å².